The highest BCUT2D eigenvalue weighted by Gasteiger charge is 2.39. The number of ether oxygens (including phenoxy) is 5. The number of carbonyl (C=O) groups excluding carboxylic acids is 1. The van der Waals surface area contributed by atoms with Crippen molar-refractivity contribution in [2.75, 3.05) is 38.9 Å². The summed E-state index contributed by atoms with van der Waals surface area (Å²) >= 11 is 0. The Morgan fingerprint density at radius 2 is 1.56 bits per heavy atom. The number of imidazole rings is 1. The lowest BCUT2D eigenvalue weighted by atomic mass is 9.96. The van der Waals surface area contributed by atoms with E-state index in [4.69, 9.17) is 33.7 Å². The van der Waals surface area contributed by atoms with Gasteiger partial charge in [0, 0.05) is 31.7 Å². The smallest absolute Gasteiger partial charge is 0.410 e. The van der Waals surface area contributed by atoms with Gasteiger partial charge in [0.05, 0.1) is 34.0 Å². The Balaban J connectivity index is 1.21. The average Bonchev–Trinajstić information content (AvgIpc) is 3.85. The number of nitrogens with zero attached hydrogens (tertiary/aromatic N) is 5. The molecular weight excluding hydrogens is 688 g/mol. The second kappa shape index (κ2) is 14.3. The van der Waals surface area contributed by atoms with E-state index < -0.39 is 5.60 Å². The van der Waals surface area contributed by atoms with E-state index >= 15 is 0 Å². The van der Waals surface area contributed by atoms with Crippen molar-refractivity contribution in [1.82, 2.24) is 24.4 Å². The van der Waals surface area contributed by atoms with E-state index in [2.05, 4.69) is 16.0 Å². The van der Waals surface area contributed by atoms with Crippen molar-refractivity contribution in [2.24, 2.45) is 11.8 Å². The molecule has 0 saturated heterocycles. The molecule has 8 rings (SSSR count). The van der Waals surface area contributed by atoms with Crippen LogP contribution in [0.3, 0.4) is 0 Å². The van der Waals surface area contributed by atoms with Crippen molar-refractivity contribution < 1.29 is 28.5 Å². The number of benzene rings is 3. The number of carbonyl (C=O) groups is 1. The highest BCUT2D eigenvalue weighted by atomic mass is 16.6. The largest absolute Gasteiger partial charge is 0.497 e. The number of anilines is 1. The Hall–Kier alpha value is -5.72. The van der Waals surface area contributed by atoms with Crippen molar-refractivity contribution in [3.8, 4) is 23.3 Å². The molecule has 4 heterocycles. The summed E-state index contributed by atoms with van der Waals surface area (Å²) in [7, 11) is 3.29. The summed E-state index contributed by atoms with van der Waals surface area (Å²) < 4.78 is 31.0. The number of hydrogen-bond acceptors (Lipinski definition) is 10. The van der Waals surface area contributed by atoms with Crippen LogP contribution < -0.4 is 29.5 Å². The summed E-state index contributed by atoms with van der Waals surface area (Å²) in [5.74, 6) is 3.51. The van der Waals surface area contributed by atoms with Crippen molar-refractivity contribution in [3.05, 3.63) is 99.0 Å². The van der Waals surface area contributed by atoms with Gasteiger partial charge in [0.15, 0.2) is 11.5 Å². The van der Waals surface area contributed by atoms with Gasteiger partial charge in [-0.25, -0.2) is 9.59 Å². The van der Waals surface area contributed by atoms with E-state index in [1.54, 1.807) is 23.7 Å². The van der Waals surface area contributed by atoms with E-state index in [1.807, 2.05) is 75.4 Å². The number of hydrogen-bond donors (Lipinski definition) is 1. The quantitative estimate of drug-likeness (QED) is 0.209. The number of aromatic amines is 1. The molecule has 2 aliphatic heterocycles. The molecule has 2 atom stereocenters. The molecule has 1 aliphatic carbocycles. The Morgan fingerprint density at radius 1 is 0.907 bits per heavy atom. The van der Waals surface area contributed by atoms with E-state index in [1.165, 1.54) is 0 Å². The number of fused-ring (bicyclic) bond motifs is 6. The zero-order valence-corrected chi connectivity index (χ0v) is 31.4. The summed E-state index contributed by atoms with van der Waals surface area (Å²) in [6, 6.07) is 20.1. The Kier molecular flexibility index (Phi) is 9.32. The zero-order chi connectivity index (χ0) is 37.6. The molecule has 1 amide bonds. The lowest BCUT2D eigenvalue weighted by Gasteiger charge is -2.32. The number of methoxy groups -OCH3 is 2. The maximum atomic E-state index is 13.9. The zero-order valence-electron chi connectivity index (χ0n) is 31.4. The van der Waals surface area contributed by atoms with Crippen molar-refractivity contribution in [2.45, 2.75) is 65.4 Å². The highest BCUT2D eigenvalue weighted by molar-refractivity contribution is 5.84. The average molecular weight is 735 g/mol. The van der Waals surface area contributed by atoms with Gasteiger partial charge >= 0.3 is 17.8 Å². The Morgan fingerprint density at radius 3 is 2.19 bits per heavy atom. The lowest BCUT2D eigenvalue weighted by Crippen LogP contribution is -2.40. The van der Waals surface area contributed by atoms with Gasteiger partial charge in [-0.15, -0.1) is 0 Å². The third-order valence-electron chi connectivity index (χ3n) is 10.2. The van der Waals surface area contributed by atoms with Gasteiger partial charge < -0.3 is 38.5 Å². The maximum absolute atomic E-state index is 13.9. The van der Waals surface area contributed by atoms with Crippen LogP contribution in [0.15, 0.2) is 65.5 Å². The van der Waals surface area contributed by atoms with Crippen LogP contribution in [0.25, 0.3) is 11.2 Å². The molecule has 0 unspecified atom stereocenters. The third-order valence-corrected chi connectivity index (χ3v) is 10.2. The van der Waals surface area contributed by atoms with Gasteiger partial charge in [0.25, 0.3) is 0 Å². The standard InChI is InChI=1S/C41H46N6O7/c1-41(2,3)54-40(49)45-15-14-33-28(22-45)16-27-17-34(33)52-23-29-18-30(29)24-53-38-43-36(35-37(44-38)47(21-27)39(48)42-35)46(19-25-6-10-31(50-4)11-7-25)20-26-8-12-32(51-5)13-9-26/h6-13,16-17,29-30H,14-15,18-24H2,1-5H3,(H,42,48)/t29-,30-/m0/s1. The number of amides is 1. The van der Waals surface area contributed by atoms with Crippen LogP contribution in [0.4, 0.5) is 10.6 Å². The first-order valence-electron chi connectivity index (χ1n) is 18.4. The molecule has 2 aromatic heterocycles. The van der Waals surface area contributed by atoms with Crippen molar-refractivity contribution >= 4 is 23.1 Å². The molecule has 13 heteroatoms. The molecular formula is C41H46N6O7. The predicted octanol–water partition coefficient (Wildman–Crippen LogP) is 6.09. The number of H-pyrrole nitrogens is 1. The van der Waals surface area contributed by atoms with Crippen molar-refractivity contribution in [3.63, 3.8) is 0 Å². The van der Waals surface area contributed by atoms with Crippen LogP contribution in [0.5, 0.6) is 23.3 Å². The minimum absolute atomic E-state index is 0.211. The number of nitrogens with one attached hydrogen (secondary N) is 1. The van der Waals surface area contributed by atoms with Crippen LogP contribution in [0.2, 0.25) is 0 Å². The first-order chi connectivity index (χ1) is 26.0. The second-order valence-corrected chi connectivity index (χ2v) is 15.4. The van der Waals surface area contributed by atoms with Crippen molar-refractivity contribution in [1.29, 1.82) is 0 Å². The molecule has 3 aromatic carbocycles. The van der Waals surface area contributed by atoms with E-state index in [-0.39, 0.29) is 24.3 Å². The summed E-state index contributed by atoms with van der Waals surface area (Å²) in [6.07, 6.45) is 1.27. The minimum Gasteiger partial charge on any atom is -0.497 e. The predicted molar refractivity (Wildman–Crippen MR) is 203 cm³/mol. The molecule has 13 nitrogen and oxygen atoms in total. The van der Waals surface area contributed by atoms with Crippen LogP contribution in [0.1, 0.15) is 55.0 Å². The van der Waals surface area contributed by atoms with Gasteiger partial charge in [0.1, 0.15) is 28.4 Å². The van der Waals surface area contributed by atoms with Gasteiger partial charge in [0.2, 0.25) is 0 Å². The number of rotatable bonds is 7. The second-order valence-electron chi connectivity index (χ2n) is 15.4. The monoisotopic (exact) mass is 734 g/mol. The summed E-state index contributed by atoms with van der Waals surface area (Å²) in [4.78, 5) is 43.8. The fourth-order valence-corrected chi connectivity index (χ4v) is 7.25. The molecule has 4 bridgehead atoms. The van der Waals surface area contributed by atoms with Crippen LogP contribution >= 0.6 is 0 Å². The maximum Gasteiger partial charge on any atom is 0.410 e. The van der Waals surface area contributed by atoms with Gasteiger partial charge in [-0.1, -0.05) is 30.3 Å². The molecule has 54 heavy (non-hydrogen) atoms. The molecule has 0 spiro atoms. The fraction of sp³-hybridized carbons (Fsp3) is 0.415. The molecule has 282 valence electrons. The molecule has 0 radical (unpaired) electrons. The topological polar surface area (TPSA) is 133 Å². The van der Waals surface area contributed by atoms with E-state index in [0.717, 1.165) is 51.5 Å². The minimum atomic E-state index is -0.599. The lowest BCUT2D eigenvalue weighted by molar-refractivity contribution is 0.0222. The first kappa shape index (κ1) is 35.3. The molecule has 1 fully saturated rings. The Bertz CT molecular complexity index is 2180. The van der Waals surface area contributed by atoms with Crippen LogP contribution in [0, 0.1) is 11.8 Å². The van der Waals surface area contributed by atoms with Gasteiger partial charge in [-0.2, -0.15) is 9.97 Å². The summed E-state index contributed by atoms with van der Waals surface area (Å²) in [5.41, 5.74) is 5.02. The molecule has 1 N–H and O–H groups in total. The normalized spacial score (nSPS) is 17.8. The summed E-state index contributed by atoms with van der Waals surface area (Å²) in [6.45, 7) is 8.71. The van der Waals surface area contributed by atoms with Gasteiger partial charge in [-0.05, 0) is 98.0 Å². The summed E-state index contributed by atoms with van der Waals surface area (Å²) in [5, 5.41) is 0. The highest BCUT2D eigenvalue weighted by Crippen LogP contribution is 2.41. The van der Waals surface area contributed by atoms with E-state index in [0.29, 0.717) is 74.6 Å². The molecule has 5 aromatic rings. The SMILES string of the molecule is COc1ccc(CN(Cc2ccc(OC)cc2)c2nc3nc4c2[nH]c(=O)n4Cc2cc4c(c(c2)OC[C@@H]2C[C@H]2CO3)CCN(C(=O)OC(C)(C)C)C4)cc1. The van der Waals surface area contributed by atoms with Crippen LogP contribution in [-0.2, 0) is 37.3 Å². The Labute approximate surface area is 313 Å². The third kappa shape index (κ3) is 7.53. The number of aromatic nitrogens is 4. The van der Waals surface area contributed by atoms with Crippen LogP contribution in [-0.4, -0.2) is 70.1 Å². The fourth-order valence-electron chi connectivity index (χ4n) is 7.25. The molecule has 1 saturated carbocycles. The van der Waals surface area contributed by atoms with Gasteiger partial charge in [-0.3, -0.25) is 4.57 Å². The first-order valence-corrected chi connectivity index (χ1v) is 18.4. The molecule has 3 aliphatic rings. The van der Waals surface area contributed by atoms with E-state index in [9.17, 15) is 9.59 Å².